The van der Waals surface area contributed by atoms with Crippen LogP contribution in [0.1, 0.15) is 12.8 Å². The van der Waals surface area contributed by atoms with Crippen molar-refractivity contribution in [1.29, 1.82) is 0 Å². The molecule has 9 heavy (non-hydrogen) atoms. The number of rotatable bonds is 1. The average molecular weight is 126 g/mol. The lowest BCUT2D eigenvalue weighted by Gasteiger charge is -2.06. The van der Waals surface area contributed by atoms with E-state index in [0.29, 0.717) is 5.76 Å². The summed E-state index contributed by atoms with van der Waals surface area (Å²) in [5.74, 6) is 1.17. The molecule has 0 aromatic carbocycles. The molecule has 0 heterocycles. The van der Waals surface area contributed by atoms with Gasteiger partial charge in [0, 0.05) is 12.5 Å². The molecule has 1 N–H and O–H groups in total. The molecule has 0 atom stereocenters. The Kier molecular flexibility index (Phi) is 1.78. The summed E-state index contributed by atoms with van der Waals surface area (Å²) in [4.78, 5) is 0. The minimum atomic E-state index is 0.411. The fourth-order valence-corrected chi connectivity index (χ4v) is 0.800. The SMILES string of the molecule is COC1=CCCC(O)=C1. The van der Waals surface area contributed by atoms with Crippen LogP contribution in [0.2, 0.25) is 0 Å². The van der Waals surface area contributed by atoms with E-state index in [1.54, 1.807) is 13.2 Å². The van der Waals surface area contributed by atoms with Gasteiger partial charge in [-0.05, 0) is 12.5 Å². The van der Waals surface area contributed by atoms with Crippen LogP contribution in [-0.4, -0.2) is 12.2 Å². The van der Waals surface area contributed by atoms with Gasteiger partial charge in [-0.3, -0.25) is 0 Å². The highest BCUT2D eigenvalue weighted by Gasteiger charge is 2.01. The first-order valence-electron chi connectivity index (χ1n) is 2.96. The van der Waals surface area contributed by atoms with Gasteiger partial charge in [-0.25, -0.2) is 0 Å². The number of aliphatic hydroxyl groups excluding tert-OH is 1. The molecule has 0 spiro atoms. The molecule has 0 saturated heterocycles. The molecule has 0 saturated carbocycles. The molecule has 0 radical (unpaired) electrons. The van der Waals surface area contributed by atoms with Gasteiger partial charge in [0.1, 0.15) is 5.76 Å². The van der Waals surface area contributed by atoms with E-state index >= 15 is 0 Å². The smallest absolute Gasteiger partial charge is 0.118 e. The highest BCUT2D eigenvalue weighted by atomic mass is 16.5. The first kappa shape index (κ1) is 6.20. The number of allylic oxidation sites excluding steroid dienone is 3. The zero-order valence-corrected chi connectivity index (χ0v) is 5.42. The summed E-state index contributed by atoms with van der Waals surface area (Å²) in [6, 6.07) is 0. The monoisotopic (exact) mass is 126 g/mol. The number of hydrogen-bond acceptors (Lipinski definition) is 2. The summed E-state index contributed by atoms with van der Waals surface area (Å²) in [7, 11) is 1.60. The van der Waals surface area contributed by atoms with Crippen LogP contribution in [0, 0.1) is 0 Å². The van der Waals surface area contributed by atoms with Crippen LogP contribution >= 0.6 is 0 Å². The number of ether oxygens (including phenoxy) is 1. The summed E-state index contributed by atoms with van der Waals surface area (Å²) in [5.41, 5.74) is 0. The predicted molar refractivity (Wildman–Crippen MR) is 35.0 cm³/mol. The summed E-state index contributed by atoms with van der Waals surface area (Å²) in [6.45, 7) is 0. The van der Waals surface area contributed by atoms with Gasteiger partial charge < -0.3 is 9.84 Å². The van der Waals surface area contributed by atoms with Crippen molar-refractivity contribution in [3.8, 4) is 0 Å². The third kappa shape index (κ3) is 1.49. The molecule has 2 heteroatoms. The zero-order chi connectivity index (χ0) is 6.69. The molecule has 1 aliphatic carbocycles. The van der Waals surface area contributed by atoms with E-state index in [-0.39, 0.29) is 0 Å². The summed E-state index contributed by atoms with van der Waals surface area (Å²) < 4.78 is 4.89. The lowest BCUT2D eigenvalue weighted by Crippen LogP contribution is -1.92. The van der Waals surface area contributed by atoms with E-state index in [4.69, 9.17) is 9.84 Å². The lowest BCUT2D eigenvalue weighted by molar-refractivity contribution is 0.292. The van der Waals surface area contributed by atoms with Gasteiger partial charge in [0.25, 0.3) is 0 Å². The second-order valence-corrected chi connectivity index (χ2v) is 1.98. The largest absolute Gasteiger partial charge is 0.512 e. The topological polar surface area (TPSA) is 29.5 Å². The Morgan fingerprint density at radius 1 is 1.67 bits per heavy atom. The quantitative estimate of drug-likeness (QED) is 0.580. The molecular weight excluding hydrogens is 116 g/mol. The molecule has 0 fully saturated rings. The first-order valence-corrected chi connectivity index (χ1v) is 2.96. The maximum Gasteiger partial charge on any atom is 0.118 e. The van der Waals surface area contributed by atoms with E-state index < -0.39 is 0 Å². The molecule has 0 bridgehead atoms. The van der Waals surface area contributed by atoms with Gasteiger partial charge in [-0.2, -0.15) is 0 Å². The average Bonchev–Trinajstić information content (AvgIpc) is 1.88. The standard InChI is InChI=1S/C7H10O2/c1-9-7-4-2-3-6(8)5-7/h4-5,8H,2-3H2,1H3. The van der Waals surface area contributed by atoms with Crippen LogP contribution in [0.3, 0.4) is 0 Å². The van der Waals surface area contributed by atoms with Crippen LogP contribution in [-0.2, 0) is 4.74 Å². The molecule has 0 unspecified atom stereocenters. The summed E-state index contributed by atoms with van der Waals surface area (Å²) >= 11 is 0. The van der Waals surface area contributed by atoms with Gasteiger partial charge in [0.15, 0.2) is 0 Å². The van der Waals surface area contributed by atoms with E-state index in [2.05, 4.69) is 0 Å². The minimum Gasteiger partial charge on any atom is -0.512 e. The van der Waals surface area contributed by atoms with Crippen LogP contribution < -0.4 is 0 Å². The van der Waals surface area contributed by atoms with E-state index in [1.165, 1.54) is 0 Å². The van der Waals surface area contributed by atoms with Crippen molar-refractivity contribution in [2.45, 2.75) is 12.8 Å². The third-order valence-corrected chi connectivity index (χ3v) is 1.29. The maximum absolute atomic E-state index is 8.95. The van der Waals surface area contributed by atoms with E-state index in [0.717, 1.165) is 18.6 Å². The fourth-order valence-electron chi connectivity index (χ4n) is 0.800. The lowest BCUT2D eigenvalue weighted by atomic mass is 10.1. The second kappa shape index (κ2) is 2.58. The Morgan fingerprint density at radius 2 is 2.44 bits per heavy atom. The zero-order valence-electron chi connectivity index (χ0n) is 5.42. The Hall–Kier alpha value is -0.920. The Bertz CT molecular complexity index is 156. The van der Waals surface area contributed by atoms with Crippen LogP contribution in [0.4, 0.5) is 0 Å². The molecular formula is C7H10O2. The van der Waals surface area contributed by atoms with Crippen LogP contribution in [0.5, 0.6) is 0 Å². The van der Waals surface area contributed by atoms with Crippen LogP contribution in [0.15, 0.2) is 23.7 Å². The Morgan fingerprint density at radius 3 is 2.89 bits per heavy atom. The number of aliphatic hydroxyl groups is 1. The van der Waals surface area contributed by atoms with Crippen molar-refractivity contribution >= 4 is 0 Å². The highest BCUT2D eigenvalue weighted by Crippen LogP contribution is 2.14. The molecule has 1 rings (SSSR count). The van der Waals surface area contributed by atoms with Crippen molar-refractivity contribution in [3.05, 3.63) is 23.7 Å². The Labute approximate surface area is 54.5 Å². The second-order valence-electron chi connectivity index (χ2n) is 1.98. The van der Waals surface area contributed by atoms with Crippen LogP contribution in [0.25, 0.3) is 0 Å². The summed E-state index contributed by atoms with van der Waals surface area (Å²) in [6.07, 6.45) is 5.22. The molecule has 1 aliphatic rings. The molecule has 0 aromatic rings. The Balaban J connectivity index is 2.63. The molecule has 0 aromatic heterocycles. The first-order chi connectivity index (χ1) is 4.33. The van der Waals surface area contributed by atoms with Crippen molar-refractivity contribution in [2.24, 2.45) is 0 Å². The molecule has 0 amide bonds. The molecule has 2 nitrogen and oxygen atoms in total. The number of methoxy groups -OCH3 is 1. The van der Waals surface area contributed by atoms with Crippen molar-refractivity contribution < 1.29 is 9.84 Å². The maximum atomic E-state index is 8.95. The third-order valence-electron chi connectivity index (χ3n) is 1.29. The molecule has 0 aliphatic heterocycles. The predicted octanol–water partition coefficient (Wildman–Crippen LogP) is 1.75. The normalized spacial score (nSPS) is 18.3. The van der Waals surface area contributed by atoms with Crippen molar-refractivity contribution in [1.82, 2.24) is 0 Å². The van der Waals surface area contributed by atoms with Crippen molar-refractivity contribution in [2.75, 3.05) is 7.11 Å². The fraction of sp³-hybridized carbons (Fsp3) is 0.429. The highest BCUT2D eigenvalue weighted by molar-refractivity contribution is 5.18. The molecule has 50 valence electrons. The van der Waals surface area contributed by atoms with Gasteiger partial charge in [-0.15, -0.1) is 0 Å². The van der Waals surface area contributed by atoms with Gasteiger partial charge in [0.05, 0.1) is 12.9 Å². The van der Waals surface area contributed by atoms with Gasteiger partial charge in [0.2, 0.25) is 0 Å². The summed E-state index contributed by atoms with van der Waals surface area (Å²) in [5, 5.41) is 8.95. The van der Waals surface area contributed by atoms with E-state index in [1.807, 2.05) is 6.08 Å². The number of hydrogen-bond donors (Lipinski definition) is 1. The van der Waals surface area contributed by atoms with Crippen molar-refractivity contribution in [3.63, 3.8) is 0 Å². The van der Waals surface area contributed by atoms with Gasteiger partial charge in [-0.1, -0.05) is 0 Å². The van der Waals surface area contributed by atoms with Gasteiger partial charge >= 0.3 is 0 Å². The minimum absolute atomic E-state index is 0.411. The van der Waals surface area contributed by atoms with E-state index in [9.17, 15) is 0 Å².